The van der Waals surface area contributed by atoms with E-state index in [4.69, 9.17) is 0 Å². The lowest BCUT2D eigenvalue weighted by molar-refractivity contribution is 0.567. The van der Waals surface area contributed by atoms with E-state index in [0.29, 0.717) is 6.04 Å². The van der Waals surface area contributed by atoms with Gasteiger partial charge in [-0.2, -0.15) is 11.8 Å². The molecule has 0 saturated heterocycles. The minimum atomic E-state index is 0.571. The predicted octanol–water partition coefficient (Wildman–Crippen LogP) is 2.73. The number of nitrogens with zero attached hydrogens (tertiary/aromatic N) is 1. The van der Waals surface area contributed by atoms with E-state index in [0.717, 1.165) is 13.0 Å². The number of hydrogen-bond donors (Lipinski definition) is 1. The molecule has 4 heteroatoms. The first kappa shape index (κ1) is 13.0. The Kier molecular flexibility index (Phi) is 6.29. The molecule has 1 aromatic rings. The van der Waals surface area contributed by atoms with Crippen molar-refractivity contribution in [3.05, 3.63) is 16.1 Å². The molecule has 0 radical (unpaired) electrons. The Bertz CT molecular complexity index is 273. The molecule has 0 aliphatic carbocycles. The summed E-state index contributed by atoms with van der Waals surface area (Å²) in [6.07, 6.45) is 1.06. The average Bonchev–Trinajstić information content (AvgIpc) is 2.61. The standard InChI is InChI=1S/C11H20N2S2/c1-4-12-10(7-14-5-2)6-11-8-15-9(3)13-11/h8,10,12H,4-7H2,1-3H3. The van der Waals surface area contributed by atoms with Gasteiger partial charge in [-0.25, -0.2) is 4.98 Å². The van der Waals surface area contributed by atoms with E-state index < -0.39 is 0 Å². The van der Waals surface area contributed by atoms with Gasteiger partial charge in [0.05, 0.1) is 10.7 Å². The maximum atomic E-state index is 4.51. The molecule has 1 atom stereocenters. The highest BCUT2D eigenvalue weighted by Crippen LogP contribution is 2.12. The van der Waals surface area contributed by atoms with E-state index in [1.165, 1.54) is 22.2 Å². The van der Waals surface area contributed by atoms with Gasteiger partial charge in [0, 0.05) is 23.6 Å². The summed E-state index contributed by atoms with van der Waals surface area (Å²) in [6, 6.07) is 0.571. The van der Waals surface area contributed by atoms with Crippen molar-refractivity contribution in [3.8, 4) is 0 Å². The summed E-state index contributed by atoms with van der Waals surface area (Å²) in [5.74, 6) is 2.37. The Balaban J connectivity index is 2.42. The topological polar surface area (TPSA) is 24.9 Å². The largest absolute Gasteiger partial charge is 0.313 e. The van der Waals surface area contributed by atoms with Crippen molar-refractivity contribution in [2.45, 2.75) is 33.2 Å². The van der Waals surface area contributed by atoms with Crippen LogP contribution in [-0.4, -0.2) is 29.1 Å². The maximum absolute atomic E-state index is 4.51. The molecule has 0 spiro atoms. The van der Waals surface area contributed by atoms with Crippen LogP contribution in [0.25, 0.3) is 0 Å². The van der Waals surface area contributed by atoms with E-state index >= 15 is 0 Å². The Morgan fingerprint density at radius 2 is 2.33 bits per heavy atom. The molecule has 1 N–H and O–H groups in total. The van der Waals surface area contributed by atoms with Crippen molar-refractivity contribution < 1.29 is 0 Å². The van der Waals surface area contributed by atoms with Crippen LogP contribution >= 0.6 is 23.1 Å². The molecule has 0 aromatic carbocycles. The summed E-state index contributed by atoms with van der Waals surface area (Å²) >= 11 is 3.74. The second-order valence-corrected chi connectivity index (χ2v) is 5.86. The lowest BCUT2D eigenvalue weighted by atomic mass is 10.2. The molecular weight excluding hydrogens is 224 g/mol. The van der Waals surface area contributed by atoms with Crippen LogP contribution in [0.4, 0.5) is 0 Å². The average molecular weight is 244 g/mol. The van der Waals surface area contributed by atoms with Crippen molar-refractivity contribution >= 4 is 23.1 Å². The van der Waals surface area contributed by atoms with Crippen LogP contribution in [0, 0.1) is 6.92 Å². The van der Waals surface area contributed by atoms with Crippen LogP contribution in [0.3, 0.4) is 0 Å². The number of thioether (sulfide) groups is 1. The van der Waals surface area contributed by atoms with Crippen molar-refractivity contribution in [2.75, 3.05) is 18.1 Å². The summed E-state index contributed by atoms with van der Waals surface area (Å²) in [5.41, 5.74) is 1.24. The second-order valence-electron chi connectivity index (χ2n) is 3.48. The van der Waals surface area contributed by atoms with Crippen molar-refractivity contribution in [3.63, 3.8) is 0 Å². The van der Waals surface area contributed by atoms with Gasteiger partial charge in [0.15, 0.2) is 0 Å². The van der Waals surface area contributed by atoms with Gasteiger partial charge in [0.1, 0.15) is 0 Å². The summed E-state index contributed by atoms with van der Waals surface area (Å²) in [5, 5.41) is 6.87. The third-order valence-electron chi connectivity index (χ3n) is 2.14. The fourth-order valence-electron chi connectivity index (χ4n) is 1.49. The van der Waals surface area contributed by atoms with Gasteiger partial charge in [0.2, 0.25) is 0 Å². The number of aromatic nitrogens is 1. The zero-order valence-corrected chi connectivity index (χ0v) is 11.4. The highest BCUT2D eigenvalue weighted by molar-refractivity contribution is 7.99. The molecule has 2 nitrogen and oxygen atoms in total. The van der Waals surface area contributed by atoms with Crippen LogP contribution in [0.1, 0.15) is 24.5 Å². The van der Waals surface area contributed by atoms with Gasteiger partial charge in [-0.1, -0.05) is 13.8 Å². The zero-order chi connectivity index (χ0) is 11.1. The van der Waals surface area contributed by atoms with E-state index in [1.807, 2.05) is 11.8 Å². The summed E-state index contributed by atoms with van der Waals surface area (Å²) in [7, 11) is 0. The molecule has 1 unspecified atom stereocenters. The first-order valence-electron chi connectivity index (χ1n) is 5.48. The van der Waals surface area contributed by atoms with E-state index in [1.54, 1.807) is 11.3 Å². The number of likely N-dealkylation sites (N-methyl/N-ethyl adjacent to an activating group) is 1. The Labute approximate surface area is 101 Å². The number of thiazole rings is 1. The molecule has 15 heavy (non-hydrogen) atoms. The predicted molar refractivity (Wildman–Crippen MR) is 71.0 cm³/mol. The molecule has 1 rings (SSSR count). The van der Waals surface area contributed by atoms with Gasteiger partial charge >= 0.3 is 0 Å². The van der Waals surface area contributed by atoms with E-state index in [2.05, 4.69) is 36.5 Å². The van der Waals surface area contributed by atoms with E-state index in [9.17, 15) is 0 Å². The highest BCUT2D eigenvalue weighted by atomic mass is 32.2. The van der Waals surface area contributed by atoms with Gasteiger partial charge < -0.3 is 5.32 Å². The first-order chi connectivity index (χ1) is 7.26. The molecule has 0 aliphatic heterocycles. The third kappa shape index (κ3) is 5.00. The number of rotatable bonds is 7. The van der Waals surface area contributed by atoms with Gasteiger partial charge in [-0.3, -0.25) is 0 Å². The van der Waals surface area contributed by atoms with Crippen LogP contribution in [0.15, 0.2) is 5.38 Å². The quantitative estimate of drug-likeness (QED) is 0.798. The number of aryl methyl sites for hydroxylation is 1. The van der Waals surface area contributed by atoms with Crippen molar-refractivity contribution in [1.29, 1.82) is 0 Å². The summed E-state index contributed by atoms with van der Waals surface area (Å²) < 4.78 is 0. The van der Waals surface area contributed by atoms with Crippen LogP contribution in [-0.2, 0) is 6.42 Å². The molecule has 1 heterocycles. The third-order valence-corrected chi connectivity index (χ3v) is 4.01. The van der Waals surface area contributed by atoms with Crippen LogP contribution < -0.4 is 5.32 Å². The highest BCUT2D eigenvalue weighted by Gasteiger charge is 2.09. The number of nitrogens with one attached hydrogen (secondary N) is 1. The lowest BCUT2D eigenvalue weighted by Crippen LogP contribution is -2.33. The second kappa shape index (κ2) is 7.25. The molecule has 0 saturated carbocycles. The van der Waals surface area contributed by atoms with Crippen molar-refractivity contribution in [2.24, 2.45) is 0 Å². The summed E-state index contributed by atoms with van der Waals surface area (Å²) in [4.78, 5) is 4.51. The molecule has 0 aliphatic rings. The Morgan fingerprint density at radius 3 is 2.87 bits per heavy atom. The van der Waals surface area contributed by atoms with Crippen LogP contribution in [0.2, 0.25) is 0 Å². The molecule has 86 valence electrons. The molecule has 0 bridgehead atoms. The molecule has 1 aromatic heterocycles. The number of hydrogen-bond acceptors (Lipinski definition) is 4. The lowest BCUT2D eigenvalue weighted by Gasteiger charge is -2.15. The molecule has 0 amide bonds. The fourth-order valence-corrected chi connectivity index (χ4v) is 2.87. The first-order valence-corrected chi connectivity index (χ1v) is 7.51. The summed E-state index contributed by atoms with van der Waals surface area (Å²) in [6.45, 7) is 7.48. The Morgan fingerprint density at radius 1 is 1.53 bits per heavy atom. The van der Waals surface area contributed by atoms with Crippen molar-refractivity contribution in [1.82, 2.24) is 10.3 Å². The van der Waals surface area contributed by atoms with E-state index in [-0.39, 0.29) is 0 Å². The zero-order valence-electron chi connectivity index (χ0n) is 9.75. The fraction of sp³-hybridized carbons (Fsp3) is 0.727. The maximum Gasteiger partial charge on any atom is 0.0897 e. The molecule has 0 fully saturated rings. The smallest absolute Gasteiger partial charge is 0.0897 e. The SMILES string of the molecule is CCNC(CSCC)Cc1csc(C)n1. The van der Waals surface area contributed by atoms with Crippen LogP contribution in [0.5, 0.6) is 0 Å². The monoisotopic (exact) mass is 244 g/mol. The minimum absolute atomic E-state index is 0.571. The van der Waals surface area contributed by atoms with Gasteiger partial charge in [-0.05, 0) is 19.2 Å². The van der Waals surface area contributed by atoms with Gasteiger partial charge in [0.25, 0.3) is 0 Å². The Hall–Kier alpha value is -0.0600. The minimum Gasteiger partial charge on any atom is -0.313 e. The normalized spacial score (nSPS) is 13.0. The molecular formula is C11H20N2S2. The van der Waals surface area contributed by atoms with Gasteiger partial charge in [-0.15, -0.1) is 11.3 Å².